The van der Waals surface area contributed by atoms with Gasteiger partial charge < -0.3 is 29.4 Å². The molecule has 8 nitrogen and oxygen atoms in total. The Hall–Kier alpha value is -2.64. The Labute approximate surface area is 140 Å². The molecular formula is C16H23NO7. The Morgan fingerprint density at radius 1 is 1.08 bits per heavy atom. The van der Waals surface area contributed by atoms with E-state index in [4.69, 9.17) is 18.9 Å². The lowest BCUT2D eigenvalue weighted by molar-refractivity contribution is -0.139. The smallest absolute Gasteiger partial charge is 0.408 e. The average molecular weight is 341 g/mol. The highest BCUT2D eigenvalue weighted by Crippen LogP contribution is 2.39. The molecule has 1 atom stereocenters. The summed E-state index contributed by atoms with van der Waals surface area (Å²) in [5, 5.41) is 11.8. The van der Waals surface area contributed by atoms with Crippen molar-refractivity contribution < 1.29 is 33.6 Å². The molecule has 0 saturated carbocycles. The zero-order valence-electron chi connectivity index (χ0n) is 14.6. The number of methoxy groups -OCH3 is 3. The third-order valence-corrected chi connectivity index (χ3v) is 2.94. The lowest BCUT2D eigenvalue weighted by Gasteiger charge is -2.23. The van der Waals surface area contributed by atoms with Crippen LogP contribution in [-0.4, -0.2) is 44.1 Å². The predicted molar refractivity (Wildman–Crippen MR) is 85.8 cm³/mol. The van der Waals surface area contributed by atoms with Gasteiger partial charge in [-0.2, -0.15) is 0 Å². The summed E-state index contributed by atoms with van der Waals surface area (Å²) in [6.45, 7) is 5.03. The molecule has 24 heavy (non-hydrogen) atoms. The number of carbonyl (C=O) groups is 2. The number of benzene rings is 1. The maximum atomic E-state index is 12.0. The number of hydrogen-bond acceptors (Lipinski definition) is 6. The highest BCUT2D eigenvalue weighted by atomic mass is 16.6. The fraction of sp³-hybridized carbons (Fsp3) is 0.500. The minimum Gasteiger partial charge on any atom is -0.497 e. The van der Waals surface area contributed by atoms with E-state index in [2.05, 4.69) is 5.32 Å². The summed E-state index contributed by atoms with van der Waals surface area (Å²) in [6.07, 6.45) is -0.862. The second-order valence-electron chi connectivity index (χ2n) is 5.87. The number of nitrogens with one attached hydrogen (secondary N) is 1. The highest BCUT2D eigenvalue weighted by Gasteiger charge is 2.30. The van der Waals surface area contributed by atoms with Crippen molar-refractivity contribution in [1.29, 1.82) is 0 Å². The predicted octanol–water partition coefficient (Wildman–Crippen LogP) is 2.36. The molecule has 0 bridgehead atoms. The van der Waals surface area contributed by atoms with Crippen LogP contribution in [0.4, 0.5) is 4.79 Å². The molecule has 1 aromatic carbocycles. The van der Waals surface area contributed by atoms with Crippen molar-refractivity contribution in [2.24, 2.45) is 0 Å². The van der Waals surface area contributed by atoms with Gasteiger partial charge in [-0.15, -0.1) is 0 Å². The van der Waals surface area contributed by atoms with Crippen LogP contribution >= 0.6 is 0 Å². The number of rotatable bonds is 6. The molecule has 1 unspecified atom stereocenters. The van der Waals surface area contributed by atoms with Crippen LogP contribution in [0.3, 0.4) is 0 Å². The number of carboxylic acid groups (broad SMARTS) is 1. The third kappa shape index (κ3) is 4.94. The molecule has 0 aliphatic heterocycles. The standard InChI is InChI=1S/C16H23NO7/c1-16(2,3)24-15(20)17-12(14(18)19)10-7-9(21-4)8-11(22-5)13(10)23-6/h7-8,12H,1-6H3,(H,17,20)(H,18,19). The first-order valence-corrected chi connectivity index (χ1v) is 7.15. The fourth-order valence-corrected chi connectivity index (χ4v) is 2.00. The molecule has 0 aromatic heterocycles. The molecule has 134 valence electrons. The molecule has 1 rings (SSSR count). The molecule has 0 radical (unpaired) electrons. The van der Waals surface area contributed by atoms with Crippen molar-refractivity contribution in [2.45, 2.75) is 32.4 Å². The van der Waals surface area contributed by atoms with E-state index in [1.165, 1.54) is 27.4 Å². The zero-order chi connectivity index (χ0) is 18.5. The minimum absolute atomic E-state index is 0.173. The van der Waals surface area contributed by atoms with Crippen molar-refractivity contribution in [3.05, 3.63) is 17.7 Å². The van der Waals surface area contributed by atoms with E-state index in [1.807, 2.05) is 0 Å². The van der Waals surface area contributed by atoms with E-state index >= 15 is 0 Å². The van der Waals surface area contributed by atoms with Crippen molar-refractivity contribution in [2.75, 3.05) is 21.3 Å². The van der Waals surface area contributed by atoms with Crippen LogP contribution in [0.1, 0.15) is 32.4 Å². The van der Waals surface area contributed by atoms with Crippen LogP contribution in [0.15, 0.2) is 12.1 Å². The molecule has 2 N–H and O–H groups in total. The number of carboxylic acids is 1. The SMILES string of the molecule is COc1cc(OC)c(OC)c(C(NC(=O)OC(C)(C)C)C(=O)O)c1. The van der Waals surface area contributed by atoms with Gasteiger partial charge in [-0.3, -0.25) is 0 Å². The summed E-state index contributed by atoms with van der Waals surface area (Å²) >= 11 is 0. The number of hydrogen-bond donors (Lipinski definition) is 2. The Morgan fingerprint density at radius 3 is 2.12 bits per heavy atom. The second-order valence-corrected chi connectivity index (χ2v) is 5.87. The molecule has 0 aliphatic carbocycles. The lowest BCUT2D eigenvalue weighted by atomic mass is 10.0. The van der Waals surface area contributed by atoms with E-state index in [-0.39, 0.29) is 17.1 Å². The largest absolute Gasteiger partial charge is 0.497 e. The number of aliphatic carboxylic acids is 1. The Kier molecular flexibility index (Phi) is 6.27. The van der Waals surface area contributed by atoms with E-state index in [9.17, 15) is 14.7 Å². The van der Waals surface area contributed by atoms with Gasteiger partial charge in [-0.05, 0) is 26.8 Å². The maximum Gasteiger partial charge on any atom is 0.408 e. The molecule has 1 aromatic rings. The van der Waals surface area contributed by atoms with Crippen LogP contribution in [0.25, 0.3) is 0 Å². The normalized spacial score (nSPS) is 12.1. The van der Waals surface area contributed by atoms with Crippen LogP contribution in [0.2, 0.25) is 0 Å². The van der Waals surface area contributed by atoms with Crippen LogP contribution in [0, 0.1) is 0 Å². The van der Waals surface area contributed by atoms with E-state index < -0.39 is 23.7 Å². The lowest BCUT2D eigenvalue weighted by Crippen LogP contribution is -2.38. The van der Waals surface area contributed by atoms with Gasteiger partial charge in [0.2, 0.25) is 0 Å². The summed E-state index contributed by atoms with van der Waals surface area (Å²) in [5.74, 6) is -0.458. The van der Waals surface area contributed by atoms with Crippen molar-refractivity contribution in [3.63, 3.8) is 0 Å². The second kappa shape index (κ2) is 7.76. The van der Waals surface area contributed by atoms with Crippen LogP contribution < -0.4 is 19.5 Å². The number of alkyl carbamates (subject to hydrolysis) is 1. The van der Waals surface area contributed by atoms with Gasteiger partial charge in [0.1, 0.15) is 11.4 Å². The molecular weight excluding hydrogens is 318 g/mol. The van der Waals surface area contributed by atoms with Gasteiger partial charge in [-0.25, -0.2) is 9.59 Å². The van der Waals surface area contributed by atoms with Crippen molar-refractivity contribution >= 4 is 12.1 Å². The molecule has 0 saturated heterocycles. The summed E-state index contributed by atoms with van der Waals surface area (Å²) in [7, 11) is 4.22. The van der Waals surface area contributed by atoms with Gasteiger partial charge in [0, 0.05) is 11.6 Å². The summed E-state index contributed by atoms with van der Waals surface area (Å²) in [5.41, 5.74) is -0.587. The van der Waals surface area contributed by atoms with E-state index in [1.54, 1.807) is 26.8 Å². The van der Waals surface area contributed by atoms with Crippen LogP contribution in [-0.2, 0) is 9.53 Å². The first-order chi connectivity index (χ1) is 11.1. The van der Waals surface area contributed by atoms with Gasteiger partial charge in [0.25, 0.3) is 0 Å². The van der Waals surface area contributed by atoms with Crippen LogP contribution in [0.5, 0.6) is 17.2 Å². The minimum atomic E-state index is -1.40. The fourth-order valence-electron chi connectivity index (χ4n) is 2.00. The molecule has 1 amide bonds. The van der Waals surface area contributed by atoms with Crippen molar-refractivity contribution in [1.82, 2.24) is 5.32 Å². The van der Waals surface area contributed by atoms with Gasteiger partial charge in [0.15, 0.2) is 17.5 Å². The quantitative estimate of drug-likeness (QED) is 0.818. The Bertz CT molecular complexity index is 607. The summed E-state index contributed by atoms with van der Waals surface area (Å²) in [6, 6.07) is 1.60. The van der Waals surface area contributed by atoms with E-state index in [0.29, 0.717) is 5.75 Å². The topological polar surface area (TPSA) is 103 Å². The van der Waals surface area contributed by atoms with Gasteiger partial charge >= 0.3 is 12.1 Å². The zero-order valence-corrected chi connectivity index (χ0v) is 14.6. The van der Waals surface area contributed by atoms with Gasteiger partial charge in [-0.1, -0.05) is 0 Å². The molecule has 0 aliphatic rings. The van der Waals surface area contributed by atoms with E-state index in [0.717, 1.165) is 0 Å². The molecule has 0 fully saturated rings. The monoisotopic (exact) mass is 341 g/mol. The maximum absolute atomic E-state index is 12.0. The summed E-state index contributed by atoms with van der Waals surface area (Å²) < 4.78 is 20.7. The molecule has 8 heteroatoms. The first kappa shape index (κ1) is 19.4. The molecule has 0 spiro atoms. The number of amides is 1. The third-order valence-electron chi connectivity index (χ3n) is 2.94. The summed E-state index contributed by atoms with van der Waals surface area (Å²) in [4.78, 5) is 23.6. The number of carbonyl (C=O) groups excluding carboxylic acids is 1. The van der Waals surface area contributed by atoms with Crippen molar-refractivity contribution in [3.8, 4) is 17.2 Å². The molecule has 0 heterocycles. The highest BCUT2D eigenvalue weighted by molar-refractivity contribution is 5.83. The Morgan fingerprint density at radius 2 is 1.71 bits per heavy atom. The average Bonchev–Trinajstić information content (AvgIpc) is 2.49. The first-order valence-electron chi connectivity index (χ1n) is 7.15. The van der Waals surface area contributed by atoms with Gasteiger partial charge in [0.05, 0.1) is 21.3 Å². The Balaban J connectivity index is 3.29. The number of ether oxygens (including phenoxy) is 4.